The zero-order valence-electron chi connectivity index (χ0n) is 9.20. The predicted molar refractivity (Wildman–Crippen MR) is 65.8 cm³/mol. The third-order valence-electron chi connectivity index (χ3n) is 2.14. The monoisotopic (exact) mass is 244 g/mol. The van der Waals surface area contributed by atoms with E-state index in [-0.39, 0.29) is 0 Å². The lowest BCUT2D eigenvalue weighted by molar-refractivity contribution is 0.201. The van der Waals surface area contributed by atoms with Gasteiger partial charge in [-0.3, -0.25) is 0 Å². The number of hydrogen-bond acceptors (Lipinski definition) is 2. The molecular weight excluding hydrogens is 228 g/mol. The molecule has 0 aliphatic heterocycles. The first-order valence-corrected chi connectivity index (χ1v) is 7.74. The molecule has 0 aliphatic carbocycles. The summed E-state index contributed by atoms with van der Waals surface area (Å²) in [5.74, 6) is 0. The van der Waals surface area contributed by atoms with Gasteiger partial charge in [-0.25, -0.2) is 0 Å². The predicted octanol–water partition coefficient (Wildman–Crippen LogP) is 2.19. The average Bonchev–Trinajstić information content (AvgIpc) is 2.30. The van der Waals surface area contributed by atoms with Gasteiger partial charge in [0.15, 0.2) is 0 Å². The molecule has 1 aromatic carbocycles. The highest BCUT2D eigenvalue weighted by Crippen LogP contribution is 2.10. The summed E-state index contributed by atoms with van der Waals surface area (Å²) in [4.78, 5) is 0. The van der Waals surface area contributed by atoms with E-state index in [0.717, 1.165) is 5.19 Å². The van der Waals surface area contributed by atoms with Gasteiger partial charge in [0.25, 0.3) is 0 Å². The average molecular weight is 245 g/mol. The Morgan fingerprint density at radius 3 is 2.00 bits per heavy atom. The van der Waals surface area contributed by atoms with Crippen LogP contribution in [0, 0.1) is 0 Å². The van der Waals surface area contributed by atoms with E-state index >= 15 is 0 Å². The maximum atomic E-state index is 6.03. The van der Waals surface area contributed by atoms with E-state index in [2.05, 4.69) is 0 Å². The molecule has 2 nitrogen and oxygen atoms in total. The number of halogens is 1. The zero-order chi connectivity index (χ0) is 11.1. The minimum Gasteiger partial charge on any atom is -0.391 e. The maximum Gasteiger partial charge on any atom is 0.387 e. The number of rotatable bonds is 6. The van der Waals surface area contributed by atoms with Gasteiger partial charge in [0.1, 0.15) is 0 Å². The van der Waals surface area contributed by atoms with Gasteiger partial charge in [-0.1, -0.05) is 30.3 Å². The number of alkyl halides is 1. The summed E-state index contributed by atoms with van der Waals surface area (Å²) in [5.41, 5.74) is 0.429. The summed E-state index contributed by atoms with van der Waals surface area (Å²) in [6.07, 6.45) is 0. The summed E-state index contributed by atoms with van der Waals surface area (Å²) in [6.45, 7) is 5.20. The second kappa shape index (κ2) is 6.28. The standard InChI is InChI=1S/C11H17ClO2Si/c1-3-13-15(10-12,14-4-2)11-8-6-5-7-9-11/h5-9H,3-4,10H2,1-2H3. The van der Waals surface area contributed by atoms with Gasteiger partial charge >= 0.3 is 8.56 Å². The Balaban J connectivity index is 2.97. The van der Waals surface area contributed by atoms with Crippen LogP contribution in [0.3, 0.4) is 0 Å². The van der Waals surface area contributed by atoms with Crippen LogP contribution in [-0.2, 0) is 8.85 Å². The first-order chi connectivity index (χ1) is 7.29. The molecule has 1 rings (SSSR count). The molecule has 0 unspecified atom stereocenters. The molecule has 0 spiro atoms. The Morgan fingerprint density at radius 2 is 1.60 bits per heavy atom. The van der Waals surface area contributed by atoms with Crippen LogP contribution in [0.2, 0.25) is 0 Å². The van der Waals surface area contributed by atoms with Crippen molar-refractivity contribution in [2.24, 2.45) is 0 Å². The Bertz CT molecular complexity index is 273. The van der Waals surface area contributed by atoms with E-state index < -0.39 is 8.56 Å². The Morgan fingerprint density at radius 1 is 1.07 bits per heavy atom. The minimum absolute atomic E-state index is 0.429. The Labute approximate surface area is 97.4 Å². The van der Waals surface area contributed by atoms with Crippen molar-refractivity contribution >= 4 is 25.3 Å². The van der Waals surface area contributed by atoms with Crippen molar-refractivity contribution < 1.29 is 8.85 Å². The van der Waals surface area contributed by atoms with Gasteiger partial charge in [0, 0.05) is 13.2 Å². The van der Waals surface area contributed by atoms with Crippen LogP contribution < -0.4 is 5.19 Å². The minimum atomic E-state index is -2.38. The number of hydrogen-bond donors (Lipinski definition) is 0. The van der Waals surface area contributed by atoms with E-state index in [9.17, 15) is 0 Å². The van der Waals surface area contributed by atoms with Crippen molar-refractivity contribution in [1.82, 2.24) is 0 Å². The van der Waals surface area contributed by atoms with E-state index in [1.807, 2.05) is 44.2 Å². The van der Waals surface area contributed by atoms with Crippen LogP contribution in [-0.4, -0.2) is 27.3 Å². The molecule has 15 heavy (non-hydrogen) atoms. The summed E-state index contributed by atoms with van der Waals surface area (Å²) in [5, 5.41) is 1.10. The first kappa shape index (κ1) is 12.7. The summed E-state index contributed by atoms with van der Waals surface area (Å²) in [6, 6.07) is 10.0. The second-order valence-corrected chi connectivity index (χ2v) is 6.85. The van der Waals surface area contributed by atoms with Gasteiger partial charge < -0.3 is 8.85 Å². The van der Waals surface area contributed by atoms with Crippen molar-refractivity contribution in [3.05, 3.63) is 30.3 Å². The van der Waals surface area contributed by atoms with Crippen molar-refractivity contribution in [2.75, 3.05) is 18.7 Å². The lowest BCUT2D eigenvalue weighted by Crippen LogP contribution is -2.56. The molecule has 0 heterocycles. The van der Waals surface area contributed by atoms with Gasteiger partial charge in [-0.05, 0) is 19.0 Å². The largest absolute Gasteiger partial charge is 0.391 e. The van der Waals surface area contributed by atoms with Gasteiger partial charge in [-0.2, -0.15) is 0 Å². The molecule has 0 saturated heterocycles. The second-order valence-electron chi connectivity index (χ2n) is 3.12. The molecule has 0 atom stereocenters. The van der Waals surface area contributed by atoms with Crippen LogP contribution in [0.4, 0.5) is 0 Å². The molecule has 0 radical (unpaired) electrons. The van der Waals surface area contributed by atoms with Crippen LogP contribution in [0.1, 0.15) is 13.8 Å². The molecule has 0 fully saturated rings. The smallest absolute Gasteiger partial charge is 0.387 e. The summed E-state index contributed by atoms with van der Waals surface area (Å²) >= 11 is 6.03. The highest BCUT2D eigenvalue weighted by molar-refractivity contribution is 6.86. The fraction of sp³-hybridized carbons (Fsp3) is 0.455. The summed E-state index contributed by atoms with van der Waals surface area (Å²) < 4.78 is 11.6. The van der Waals surface area contributed by atoms with Crippen molar-refractivity contribution in [2.45, 2.75) is 13.8 Å². The Hall–Kier alpha value is -0.353. The van der Waals surface area contributed by atoms with Crippen LogP contribution in [0.15, 0.2) is 30.3 Å². The molecule has 1 aromatic rings. The Kier molecular flexibility index (Phi) is 5.32. The first-order valence-electron chi connectivity index (χ1n) is 5.18. The van der Waals surface area contributed by atoms with Gasteiger partial charge in [0.2, 0.25) is 0 Å². The normalized spacial score (nSPS) is 11.7. The molecule has 0 aliphatic rings. The highest BCUT2D eigenvalue weighted by atomic mass is 35.5. The summed E-state index contributed by atoms with van der Waals surface area (Å²) in [7, 11) is -2.38. The van der Waals surface area contributed by atoms with Crippen molar-refractivity contribution in [3.8, 4) is 0 Å². The number of benzene rings is 1. The third-order valence-corrected chi connectivity index (χ3v) is 6.27. The molecular formula is C11H17ClO2Si. The van der Waals surface area contributed by atoms with Crippen LogP contribution in [0.25, 0.3) is 0 Å². The van der Waals surface area contributed by atoms with Gasteiger partial charge in [0.05, 0.1) is 5.50 Å². The fourth-order valence-electron chi connectivity index (χ4n) is 1.52. The zero-order valence-corrected chi connectivity index (χ0v) is 11.0. The molecule has 0 aromatic heterocycles. The molecule has 0 bridgehead atoms. The quantitative estimate of drug-likeness (QED) is 0.564. The van der Waals surface area contributed by atoms with E-state index in [4.69, 9.17) is 20.5 Å². The topological polar surface area (TPSA) is 18.5 Å². The fourth-order valence-corrected chi connectivity index (χ4v) is 4.81. The van der Waals surface area contributed by atoms with E-state index in [0.29, 0.717) is 18.7 Å². The van der Waals surface area contributed by atoms with E-state index in [1.165, 1.54) is 0 Å². The van der Waals surface area contributed by atoms with Gasteiger partial charge in [-0.15, -0.1) is 11.6 Å². The highest BCUT2D eigenvalue weighted by Gasteiger charge is 2.38. The molecule has 0 saturated carbocycles. The SMILES string of the molecule is CCO[Si](CCl)(OCC)c1ccccc1. The van der Waals surface area contributed by atoms with Crippen LogP contribution >= 0.6 is 11.6 Å². The maximum absolute atomic E-state index is 6.03. The lowest BCUT2D eigenvalue weighted by atomic mass is 10.4. The van der Waals surface area contributed by atoms with Crippen molar-refractivity contribution in [1.29, 1.82) is 0 Å². The van der Waals surface area contributed by atoms with Crippen LogP contribution in [0.5, 0.6) is 0 Å². The van der Waals surface area contributed by atoms with Crippen molar-refractivity contribution in [3.63, 3.8) is 0 Å². The molecule has 0 amide bonds. The molecule has 84 valence electrons. The van der Waals surface area contributed by atoms with E-state index in [1.54, 1.807) is 0 Å². The lowest BCUT2D eigenvalue weighted by Gasteiger charge is -2.28. The molecule has 4 heteroatoms. The third kappa shape index (κ3) is 3.05. The molecule has 0 N–H and O–H groups in total.